The molecule has 0 atom stereocenters. The van der Waals surface area contributed by atoms with E-state index in [0.29, 0.717) is 23.1 Å². The first-order chi connectivity index (χ1) is 13.7. The number of fused-ring (bicyclic) bond motifs is 1. The van der Waals surface area contributed by atoms with Crippen LogP contribution in [0.4, 0.5) is 5.82 Å². The van der Waals surface area contributed by atoms with Crippen LogP contribution in [0.3, 0.4) is 0 Å². The van der Waals surface area contributed by atoms with Crippen LogP contribution in [0.5, 0.6) is 0 Å². The van der Waals surface area contributed by atoms with Gasteiger partial charge in [-0.05, 0) is 26.0 Å². The van der Waals surface area contributed by atoms with Crippen molar-refractivity contribution < 1.29 is 4.79 Å². The molecule has 0 bridgehead atoms. The Hall–Kier alpha value is -3.62. The van der Waals surface area contributed by atoms with Gasteiger partial charge in [-0.15, -0.1) is 0 Å². The first kappa shape index (κ1) is 18.7. The highest BCUT2D eigenvalue weighted by molar-refractivity contribution is 6.03. The highest BCUT2D eigenvalue weighted by Crippen LogP contribution is 2.25. The minimum atomic E-state index is -0.318. The van der Waals surface area contributed by atoms with E-state index in [9.17, 15) is 4.79 Å². The number of carbonyl (C=O) groups excluding carboxylic acids is 1. The van der Waals surface area contributed by atoms with Gasteiger partial charge in [0.2, 0.25) is 0 Å². The number of nitrogens with one attached hydrogen (secondary N) is 1. The molecule has 0 fully saturated rings. The second-order valence-electron chi connectivity index (χ2n) is 7.92. The maximum atomic E-state index is 13.2. The number of rotatable bonds is 3. The highest BCUT2D eigenvalue weighted by atomic mass is 16.2. The third-order valence-electron chi connectivity index (χ3n) is 4.37. The minimum Gasteiger partial charge on any atom is -0.305 e. The molecule has 4 rings (SSSR count). The molecule has 0 unspecified atom stereocenters. The van der Waals surface area contributed by atoms with Crippen molar-refractivity contribution in [3.8, 4) is 5.95 Å². The Bertz CT molecular complexity index is 1200. The average Bonchev–Trinajstić information content (AvgIpc) is 3.24. The van der Waals surface area contributed by atoms with E-state index in [-0.39, 0.29) is 11.3 Å². The molecule has 29 heavy (non-hydrogen) atoms. The predicted molar refractivity (Wildman–Crippen MR) is 108 cm³/mol. The molecular formula is C20H22N8O. The quantitative estimate of drug-likeness (QED) is 0.577. The lowest BCUT2D eigenvalue weighted by Gasteiger charge is -2.13. The number of aromatic nitrogens is 7. The second kappa shape index (κ2) is 6.77. The third-order valence-corrected chi connectivity index (χ3v) is 4.37. The van der Waals surface area contributed by atoms with Gasteiger partial charge in [0.25, 0.3) is 11.9 Å². The van der Waals surface area contributed by atoms with Crippen LogP contribution >= 0.6 is 0 Å². The van der Waals surface area contributed by atoms with Crippen molar-refractivity contribution in [2.75, 3.05) is 5.32 Å². The summed E-state index contributed by atoms with van der Waals surface area (Å²) in [7, 11) is 0. The molecule has 0 aromatic carbocycles. The molecule has 0 saturated carbocycles. The first-order valence-electron chi connectivity index (χ1n) is 9.26. The lowest BCUT2D eigenvalue weighted by atomic mass is 9.92. The Labute approximate surface area is 167 Å². The van der Waals surface area contributed by atoms with Gasteiger partial charge in [0.05, 0.1) is 11.4 Å². The molecule has 0 aliphatic carbocycles. The Morgan fingerprint density at radius 3 is 2.41 bits per heavy atom. The van der Waals surface area contributed by atoms with Gasteiger partial charge in [-0.1, -0.05) is 20.8 Å². The van der Waals surface area contributed by atoms with Crippen molar-refractivity contribution in [2.45, 2.75) is 40.0 Å². The van der Waals surface area contributed by atoms with E-state index in [0.717, 1.165) is 17.1 Å². The lowest BCUT2D eigenvalue weighted by molar-refractivity contribution is 0.101. The normalized spacial score (nSPS) is 11.8. The molecule has 4 heterocycles. The van der Waals surface area contributed by atoms with Crippen molar-refractivity contribution in [3.63, 3.8) is 0 Å². The molecular weight excluding hydrogens is 368 g/mol. The van der Waals surface area contributed by atoms with Crippen LogP contribution in [-0.4, -0.2) is 40.3 Å². The molecule has 4 aromatic rings. The smallest absolute Gasteiger partial charge is 0.275 e. The number of anilines is 1. The SMILES string of the molecule is Cc1cc(C(=O)Nc2cc(C(C)(C)C)nn2-c2ncccn2)n2nc(C)cc2n1. The molecule has 148 valence electrons. The van der Waals surface area contributed by atoms with E-state index in [2.05, 4.69) is 51.2 Å². The maximum Gasteiger partial charge on any atom is 0.275 e. The number of nitrogens with zero attached hydrogens (tertiary/aromatic N) is 7. The van der Waals surface area contributed by atoms with Crippen LogP contribution in [0.25, 0.3) is 11.6 Å². The summed E-state index contributed by atoms with van der Waals surface area (Å²) in [5, 5.41) is 12.0. The van der Waals surface area contributed by atoms with Crippen LogP contribution < -0.4 is 5.32 Å². The topological polar surface area (TPSA) is 103 Å². The molecule has 0 spiro atoms. The van der Waals surface area contributed by atoms with Gasteiger partial charge >= 0.3 is 0 Å². The summed E-state index contributed by atoms with van der Waals surface area (Å²) < 4.78 is 3.08. The molecule has 0 aliphatic rings. The van der Waals surface area contributed by atoms with Crippen LogP contribution in [0.1, 0.15) is 48.3 Å². The summed E-state index contributed by atoms with van der Waals surface area (Å²) in [5.74, 6) is 0.544. The molecule has 0 aliphatic heterocycles. The van der Waals surface area contributed by atoms with E-state index in [1.165, 1.54) is 4.68 Å². The standard InChI is InChI=1S/C20H22N8O/c1-12-9-14(27-16(23-12)10-13(2)25-27)18(29)24-17-11-15(20(3,4)5)26-28(17)19-21-7-6-8-22-19/h6-11H,1-5H3,(H,24,29). The highest BCUT2D eigenvalue weighted by Gasteiger charge is 2.23. The van der Waals surface area contributed by atoms with Crippen molar-refractivity contribution >= 4 is 17.4 Å². The number of amides is 1. The Kier molecular flexibility index (Phi) is 4.37. The maximum absolute atomic E-state index is 13.2. The van der Waals surface area contributed by atoms with Crippen molar-refractivity contribution in [1.82, 2.24) is 34.3 Å². The van der Waals surface area contributed by atoms with Gasteiger partial charge in [-0.2, -0.15) is 14.9 Å². The molecule has 1 N–H and O–H groups in total. The van der Waals surface area contributed by atoms with E-state index in [1.807, 2.05) is 26.0 Å². The van der Waals surface area contributed by atoms with Gasteiger partial charge in [0.1, 0.15) is 11.5 Å². The zero-order valence-corrected chi connectivity index (χ0v) is 17.0. The van der Waals surface area contributed by atoms with Crippen molar-refractivity contribution in [2.24, 2.45) is 0 Å². The summed E-state index contributed by atoms with van der Waals surface area (Å²) in [4.78, 5) is 26.1. The molecule has 4 aromatic heterocycles. The molecule has 0 radical (unpaired) electrons. The zero-order chi connectivity index (χ0) is 20.8. The summed E-state index contributed by atoms with van der Waals surface area (Å²) in [6.45, 7) is 9.88. The number of carbonyl (C=O) groups is 1. The predicted octanol–water partition coefficient (Wildman–Crippen LogP) is 2.87. The second-order valence-corrected chi connectivity index (χ2v) is 7.92. The molecule has 1 amide bonds. The van der Waals surface area contributed by atoms with E-state index in [1.54, 1.807) is 29.0 Å². The monoisotopic (exact) mass is 390 g/mol. The summed E-state index contributed by atoms with van der Waals surface area (Å²) in [6.07, 6.45) is 3.27. The molecule has 0 saturated heterocycles. The molecule has 9 nitrogen and oxygen atoms in total. The Morgan fingerprint density at radius 1 is 1.00 bits per heavy atom. The number of hydrogen-bond donors (Lipinski definition) is 1. The van der Waals surface area contributed by atoms with Crippen LogP contribution in [0.15, 0.2) is 36.7 Å². The Balaban J connectivity index is 1.78. The van der Waals surface area contributed by atoms with Crippen LogP contribution in [-0.2, 0) is 5.41 Å². The van der Waals surface area contributed by atoms with Gasteiger partial charge in [-0.25, -0.2) is 19.5 Å². The lowest BCUT2D eigenvalue weighted by Crippen LogP contribution is -2.20. The van der Waals surface area contributed by atoms with E-state index in [4.69, 9.17) is 0 Å². The summed E-state index contributed by atoms with van der Waals surface area (Å²) >= 11 is 0. The summed E-state index contributed by atoms with van der Waals surface area (Å²) in [6, 6.07) is 7.11. The fraction of sp³-hybridized carbons (Fsp3) is 0.300. The van der Waals surface area contributed by atoms with E-state index >= 15 is 0 Å². The van der Waals surface area contributed by atoms with Gasteiger partial charge in [-0.3, -0.25) is 4.79 Å². The summed E-state index contributed by atoms with van der Waals surface area (Å²) in [5.41, 5.74) is 3.14. The number of aryl methyl sites for hydroxylation is 2. The average molecular weight is 390 g/mol. The zero-order valence-electron chi connectivity index (χ0n) is 17.0. The van der Waals surface area contributed by atoms with Crippen LogP contribution in [0.2, 0.25) is 0 Å². The van der Waals surface area contributed by atoms with Crippen molar-refractivity contribution in [1.29, 1.82) is 0 Å². The minimum absolute atomic E-state index is 0.209. The van der Waals surface area contributed by atoms with Gasteiger partial charge in [0.15, 0.2) is 5.65 Å². The fourth-order valence-electron chi connectivity index (χ4n) is 2.95. The Morgan fingerprint density at radius 2 is 1.72 bits per heavy atom. The largest absolute Gasteiger partial charge is 0.305 e. The van der Waals surface area contributed by atoms with Gasteiger partial charge < -0.3 is 5.32 Å². The first-order valence-corrected chi connectivity index (χ1v) is 9.26. The van der Waals surface area contributed by atoms with Crippen LogP contribution in [0, 0.1) is 13.8 Å². The third kappa shape index (κ3) is 3.58. The van der Waals surface area contributed by atoms with E-state index < -0.39 is 0 Å². The van der Waals surface area contributed by atoms with Gasteiger partial charge in [0, 0.05) is 35.6 Å². The van der Waals surface area contributed by atoms with Crippen molar-refractivity contribution in [3.05, 3.63) is 59.4 Å². The molecule has 9 heteroatoms. The number of hydrogen-bond acceptors (Lipinski definition) is 6. The fourth-order valence-corrected chi connectivity index (χ4v) is 2.95.